The van der Waals surface area contributed by atoms with Gasteiger partial charge in [-0.25, -0.2) is 9.78 Å². The Labute approximate surface area is 237 Å². The van der Waals surface area contributed by atoms with Gasteiger partial charge in [-0.05, 0) is 68.1 Å². The van der Waals surface area contributed by atoms with E-state index < -0.39 is 11.3 Å². The second-order valence-corrected chi connectivity index (χ2v) is 11.4. The monoisotopic (exact) mass is 557 g/mol. The van der Waals surface area contributed by atoms with Gasteiger partial charge in [-0.3, -0.25) is 14.5 Å². The number of hydrogen-bond donors (Lipinski definition) is 3. The van der Waals surface area contributed by atoms with Crippen molar-refractivity contribution in [1.82, 2.24) is 20.9 Å². The third-order valence-corrected chi connectivity index (χ3v) is 8.95. The highest BCUT2D eigenvalue weighted by Gasteiger charge is 2.47. The summed E-state index contributed by atoms with van der Waals surface area (Å²) in [4.78, 5) is 45.2. The van der Waals surface area contributed by atoms with Gasteiger partial charge in [0, 0.05) is 30.3 Å². The second-order valence-electron chi connectivity index (χ2n) is 10.3. The first-order chi connectivity index (χ1) is 19.4. The van der Waals surface area contributed by atoms with E-state index >= 15 is 0 Å². The third-order valence-electron chi connectivity index (χ3n) is 7.66. The van der Waals surface area contributed by atoms with Gasteiger partial charge < -0.3 is 20.7 Å². The van der Waals surface area contributed by atoms with Crippen LogP contribution < -0.4 is 25.6 Å². The molecule has 3 aliphatic rings. The highest BCUT2D eigenvalue weighted by Crippen LogP contribution is 2.51. The average molecular weight is 558 g/mol. The fourth-order valence-corrected chi connectivity index (χ4v) is 6.95. The van der Waals surface area contributed by atoms with Crippen molar-refractivity contribution < 1.29 is 19.1 Å². The number of aromatic nitrogens is 1. The fraction of sp³-hybridized carbons (Fsp3) is 0.333. The fourth-order valence-electron chi connectivity index (χ4n) is 5.71. The molecule has 9 nitrogen and oxygen atoms in total. The van der Waals surface area contributed by atoms with E-state index in [0.717, 1.165) is 52.5 Å². The lowest BCUT2D eigenvalue weighted by Gasteiger charge is -2.35. The Morgan fingerprint density at radius 3 is 2.58 bits per heavy atom. The molecule has 4 atom stereocenters. The minimum absolute atomic E-state index is 0.0165. The molecule has 0 bridgehead atoms. The van der Waals surface area contributed by atoms with Gasteiger partial charge >= 0.3 is 6.03 Å². The Morgan fingerprint density at radius 1 is 1.05 bits per heavy atom. The summed E-state index contributed by atoms with van der Waals surface area (Å²) < 4.78 is 5.97. The molecule has 0 saturated heterocycles. The molecular formula is C30H31N5O4S. The van der Waals surface area contributed by atoms with Gasteiger partial charge in [0.1, 0.15) is 21.8 Å². The van der Waals surface area contributed by atoms with Crippen molar-refractivity contribution in [2.75, 3.05) is 4.90 Å². The van der Waals surface area contributed by atoms with Crippen LogP contribution in [0.3, 0.4) is 0 Å². The highest BCUT2D eigenvalue weighted by molar-refractivity contribution is 8.01. The van der Waals surface area contributed by atoms with Crippen molar-refractivity contribution in [3.05, 3.63) is 71.9 Å². The molecule has 206 valence electrons. The van der Waals surface area contributed by atoms with Crippen molar-refractivity contribution in [3.63, 3.8) is 0 Å². The summed E-state index contributed by atoms with van der Waals surface area (Å²) in [5.41, 5.74) is 3.16. The van der Waals surface area contributed by atoms with Crippen LogP contribution in [0.15, 0.2) is 65.8 Å². The predicted octanol–water partition coefficient (Wildman–Crippen LogP) is 5.12. The van der Waals surface area contributed by atoms with Gasteiger partial charge in [0.05, 0.1) is 17.4 Å². The van der Waals surface area contributed by atoms with Crippen LogP contribution in [0.2, 0.25) is 0 Å². The number of pyridine rings is 1. The molecule has 3 aromatic rings. The van der Waals surface area contributed by atoms with Crippen molar-refractivity contribution in [2.45, 2.75) is 67.9 Å². The van der Waals surface area contributed by atoms with E-state index in [1.165, 1.54) is 11.8 Å². The van der Waals surface area contributed by atoms with Crippen LogP contribution in [0.25, 0.3) is 0 Å². The maximum atomic E-state index is 13.6. The zero-order valence-corrected chi connectivity index (χ0v) is 23.2. The minimum Gasteiger partial charge on any atom is -0.457 e. The van der Waals surface area contributed by atoms with E-state index in [1.54, 1.807) is 11.1 Å². The van der Waals surface area contributed by atoms with Gasteiger partial charge in [0.15, 0.2) is 0 Å². The summed E-state index contributed by atoms with van der Waals surface area (Å²) in [6, 6.07) is 16.0. The summed E-state index contributed by atoms with van der Waals surface area (Å²) in [5, 5.41) is 9.44. The molecule has 1 saturated carbocycles. The normalized spacial score (nSPS) is 22.9. The molecule has 2 aromatic carbocycles. The first kappa shape index (κ1) is 26.2. The Bertz CT molecular complexity index is 1470. The molecule has 4 amide bonds. The summed E-state index contributed by atoms with van der Waals surface area (Å²) in [5.74, 6) is 1.24. The summed E-state index contributed by atoms with van der Waals surface area (Å²) in [7, 11) is 0. The quantitative estimate of drug-likeness (QED) is 0.372. The molecule has 2 aliphatic heterocycles. The Hall–Kier alpha value is -4.05. The maximum absolute atomic E-state index is 13.6. The number of para-hydroxylation sites is 1. The number of thioether (sulfide) groups is 1. The van der Waals surface area contributed by atoms with E-state index in [2.05, 4.69) is 20.9 Å². The first-order valence-corrected chi connectivity index (χ1v) is 14.5. The van der Waals surface area contributed by atoms with Crippen LogP contribution >= 0.6 is 11.8 Å². The molecule has 0 spiro atoms. The molecular weight excluding hydrogens is 526 g/mol. The number of anilines is 2. The first-order valence-electron chi connectivity index (χ1n) is 13.6. The molecule has 3 heterocycles. The number of carbonyl (C=O) groups is 3. The lowest BCUT2D eigenvalue weighted by molar-refractivity contribution is -0.124. The third kappa shape index (κ3) is 4.88. The van der Waals surface area contributed by atoms with Crippen LogP contribution in [-0.2, 0) is 9.59 Å². The number of hydrogen-bond acceptors (Lipinski definition) is 6. The number of nitrogens with one attached hydrogen (secondary N) is 3. The maximum Gasteiger partial charge on any atom is 0.327 e. The van der Waals surface area contributed by atoms with Gasteiger partial charge in [-0.2, -0.15) is 0 Å². The zero-order valence-electron chi connectivity index (χ0n) is 22.3. The van der Waals surface area contributed by atoms with Gasteiger partial charge in [-0.15, -0.1) is 0 Å². The van der Waals surface area contributed by atoms with Gasteiger partial charge in [0.2, 0.25) is 11.8 Å². The Morgan fingerprint density at radius 2 is 1.82 bits per heavy atom. The van der Waals surface area contributed by atoms with E-state index in [4.69, 9.17) is 4.74 Å². The largest absolute Gasteiger partial charge is 0.457 e. The molecule has 1 fully saturated rings. The van der Waals surface area contributed by atoms with Crippen molar-refractivity contribution in [2.24, 2.45) is 0 Å². The topological polar surface area (TPSA) is 113 Å². The lowest BCUT2D eigenvalue weighted by atomic mass is 9.99. The summed E-state index contributed by atoms with van der Waals surface area (Å²) in [6.45, 7) is 3.76. The number of carbonyl (C=O) groups excluding carboxylic acids is 3. The standard InChI is InChI=1S/C30H31N5O4S/c1-3-24(36)32-20-10-7-11-21(20)33-28(37)27-26-25-23(14-15-31-29(25)40-27)35(30(38)34-26)22-13-12-19(16-17(22)2)39-18-8-5-4-6-9-18/h4-6,8-9,12-16,20-21,26-27H,3,7,10-11H2,1-2H3,(H,32,36)(H,33,37)(H,34,38)/t20-,21-,26?,27?/m0/s1. The summed E-state index contributed by atoms with van der Waals surface area (Å²) >= 11 is 1.37. The molecule has 1 aliphatic carbocycles. The number of benzene rings is 2. The molecule has 6 rings (SSSR count). The summed E-state index contributed by atoms with van der Waals surface area (Å²) in [6.07, 6.45) is 4.67. The number of amides is 4. The van der Waals surface area contributed by atoms with E-state index in [9.17, 15) is 14.4 Å². The minimum atomic E-state index is -0.555. The van der Waals surface area contributed by atoms with E-state index in [-0.39, 0.29) is 29.9 Å². The van der Waals surface area contributed by atoms with Crippen LogP contribution in [0.5, 0.6) is 11.5 Å². The van der Waals surface area contributed by atoms with Crippen LogP contribution in [-0.4, -0.2) is 40.2 Å². The number of rotatable bonds is 7. The zero-order chi connectivity index (χ0) is 27.8. The van der Waals surface area contributed by atoms with Crippen molar-refractivity contribution >= 4 is 41.0 Å². The van der Waals surface area contributed by atoms with Crippen LogP contribution in [0.1, 0.15) is 49.8 Å². The van der Waals surface area contributed by atoms with Gasteiger partial charge in [-0.1, -0.05) is 36.9 Å². The Balaban J connectivity index is 1.23. The highest BCUT2D eigenvalue weighted by atomic mass is 32.2. The van der Waals surface area contributed by atoms with E-state index in [1.807, 2.05) is 68.4 Å². The Kier molecular flexibility index (Phi) is 7.10. The van der Waals surface area contributed by atoms with Crippen LogP contribution in [0, 0.1) is 6.92 Å². The number of aryl methyl sites for hydroxylation is 1. The SMILES string of the molecule is CCC(=O)N[C@H]1CCC[C@@H]1NC(=O)C1Sc2nccc3c2C1NC(=O)N3c1ccc(Oc2ccccc2)cc1C. The van der Waals surface area contributed by atoms with E-state index in [0.29, 0.717) is 12.2 Å². The van der Waals surface area contributed by atoms with Crippen molar-refractivity contribution in [3.8, 4) is 11.5 Å². The lowest BCUT2D eigenvalue weighted by Crippen LogP contribution is -2.53. The molecule has 40 heavy (non-hydrogen) atoms. The molecule has 1 aromatic heterocycles. The van der Waals surface area contributed by atoms with Crippen molar-refractivity contribution in [1.29, 1.82) is 0 Å². The average Bonchev–Trinajstić information content (AvgIpc) is 3.55. The number of nitrogens with zero attached hydrogens (tertiary/aromatic N) is 2. The molecule has 0 radical (unpaired) electrons. The second kappa shape index (κ2) is 10.8. The predicted molar refractivity (Wildman–Crippen MR) is 153 cm³/mol. The number of ether oxygens (including phenoxy) is 1. The number of urea groups is 1. The smallest absolute Gasteiger partial charge is 0.327 e. The molecule has 2 unspecified atom stereocenters. The molecule has 3 N–H and O–H groups in total. The molecule has 10 heteroatoms. The van der Waals surface area contributed by atoms with Gasteiger partial charge in [0.25, 0.3) is 0 Å². The van der Waals surface area contributed by atoms with Crippen LogP contribution in [0.4, 0.5) is 16.2 Å².